The number of nitrogens with zero attached hydrogens (tertiary/aromatic N) is 4. The first-order chi connectivity index (χ1) is 16.8. The molecule has 2 atom stereocenters. The molecular formula is C24H20N4O5S. The second-order valence-electron chi connectivity index (χ2n) is 8.01. The number of furan rings is 3. The molecule has 1 fully saturated rings. The van der Waals surface area contributed by atoms with Gasteiger partial charge in [0.1, 0.15) is 17.6 Å². The number of carbonyl (C=O) groups excluding carboxylic acids is 1. The highest BCUT2D eigenvalue weighted by Gasteiger charge is 2.45. The van der Waals surface area contributed by atoms with E-state index in [2.05, 4.69) is 10.2 Å². The van der Waals surface area contributed by atoms with Crippen LogP contribution < -0.4 is 0 Å². The number of carbonyl (C=O) groups is 1. The summed E-state index contributed by atoms with van der Waals surface area (Å²) in [5.41, 5.74) is 2.01. The summed E-state index contributed by atoms with van der Waals surface area (Å²) in [5, 5.41) is 14.6. The van der Waals surface area contributed by atoms with Crippen LogP contribution in [0.15, 0.2) is 88.8 Å². The first-order valence-electron chi connectivity index (χ1n) is 10.9. The van der Waals surface area contributed by atoms with E-state index in [-0.39, 0.29) is 34.7 Å². The number of hydrogen-bond acceptors (Lipinski definition) is 9. The van der Waals surface area contributed by atoms with Crippen LogP contribution in [0.5, 0.6) is 0 Å². The average Bonchev–Trinajstić information content (AvgIpc) is 3.67. The van der Waals surface area contributed by atoms with Gasteiger partial charge in [-0.25, -0.2) is 5.01 Å². The van der Waals surface area contributed by atoms with Crippen LogP contribution in [0.4, 0.5) is 0 Å². The molecule has 2 aliphatic rings. The molecular weight excluding hydrogens is 456 g/mol. The van der Waals surface area contributed by atoms with Crippen LogP contribution in [0.1, 0.15) is 36.8 Å². The average molecular weight is 477 g/mol. The van der Waals surface area contributed by atoms with Gasteiger partial charge in [0.05, 0.1) is 30.3 Å². The van der Waals surface area contributed by atoms with Crippen molar-refractivity contribution >= 4 is 29.5 Å². The number of hydrogen-bond donors (Lipinski definition) is 0. The van der Waals surface area contributed by atoms with Gasteiger partial charge in [-0.05, 0) is 67.3 Å². The van der Waals surface area contributed by atoms with Gasteiger partial charge in [-0.3, -0.25) is 4.79 Å². The summed E-state index contributed by atoms with van der Waals surface area (Å²) < 4.78 is 22.1. The molecule has 1 aliphatic heterocycles. The van der Waals surface area contributed by atoms with E-state index in [9.17, 15) is 4.79 Å². The van der Waals surface area contributed by atoms with Crippen molar-refractivity contribution in [2.75, 3.05) is 5.75 Å². The van der Waals surface area contributed by atoms with Crippen LogP contribution in [0.25, 0.3) is 17.7 Å². The number of amides is 1. The molecule has 0 bridgehead atoms. The molecule has 1 aliphatic carbocycles. The number of fused-ring (bicyclic) bond motifs is 1. The maximum absolute atomic E-state index is 13.3. The lowest BCUT2D eigenvalue weighted by Gasteiger charge is -2.27. The van der Waals surface area contributed by atoms with Gasteiger partial charge in [-0.1, -0.05) is 11.8 Å². The predicted molar refractivity (Wildman–Crippen MR) is 122 cm³/mol. The summed E-state index contributed by atoms with van der Waals surface area (Å²) in [6.07, 6.45) is 9.63. The number of allylic oxidation sites excluding steroid dienone is 1. The second-order valence-corrected chi connectivity index (χ2v) is 8.93. The first-order valence-corrected chi connectivity index (χ1v) is 11.9. The lowest BCUT2D eigenvalue weighted by atomic mass is 9.79. The summed E-state index contributed by atoms with van der Waals surface area (Å²) in [7, 11) is 0. The summed E-state index contributed by atoms with van der Waals surface area (Å²) in [5.74, 6) is 2.24. The molecule has 4 aromatic heterocycles. The van der Waals surface area contributed by atoms with E-state index in [1.54, 1.807) is 29.7 Å². The topological polar surface area (TPSA) is 111 Å². The fourth-order valence-corrected chi connectivity index (χ4v) is 5.06. The molecule has 2 unspecified atom stereocenters. The van der Waals surface area contributed by atoms with E-state index in [0.29, 0.717) is 5.76 Å². The van der Waals surface area contributed by atoms with E-state index < -0.39 is 0 Å². The smallest absolute Gasteiger partial charge is 0.284 e. The number of hydrazone groups is 1. The maximum Gasteiger partial charge on any atom is 0.284 e. The second kappa shape index (κ2) is 8.86. The van der Waals surface area contributed by atoms with E-state index in [1.165, 1.54) is 18.0 Å². The molecule has 34 heavy (non-hydrogen) atoms. The fourth-order valence-electron chi connectivity index (χ4n) is 4.45. The Hall–Kier alpha value is -3.79. The van der Waals surface area contributed by atoms with Gasteiger partial charge in [-0.2, -0.15) is 5.10 Å². The van der Waals surface area contributed by atoms with E-state index >= 15 is 0 Å². The highest BCUT2D eigenvalue weighted by Crippen LogP contribution is 2.44. The van der Waals surface area contributed by atoms with Crippen molar-refractivity contribution in [3.05, 3.63) is 72.3 Å². The van der Waals surface area contributed by atoms with E-state index in [4.69, 9.17) is 22.8 Å². The Bertz CT molecular complexity index is 1320. The summed E-state index contributed by atoms with van der Waals surface area (Å²) in [4.78, 5) is 13.3. The fraction of sp³-hybridized carbons (Fsp3) is 0.250. The third-order valence-corrected chi connectivity index (χ3v) is 6.71. The minimum Gasteiger partial charge on any atom is -0.467 e. The summed E-state index contributed by atoms with van der Waals surface area (Å²) in [6, 6.07) is 10.7. The SMILES string of the molecule is O=C(CSc1nnc(-c2ccco2)o1)N1N=C2/C(=C\c3ccco3)CCCC2C1c1ccco1. The van der Waals surface area contributed by atoms with Crippen molar-refractivity contribution in [1.82, 2.24) is 15.2 Å². The molecule has 10 heteroatoms. The summed E-state index contributed by atoms with van der Waals surface area (Å²) in [6.45, 7) is 0. The Morgan fingerprint density at radius 3 is 2.74 bits per heavy atom. The Labute approximate surface area is 198 Å². The minimum absolute atomic E-state index is 0.0593. The quantitative estimate of drug-likeness (QED) is 0.339. The number of thioether (sulfide) groups is 1. The number of aromatic nitrogens is 2. The third-order valence-electron chi connectivity index (χ3n) is 5.91. The first kappa shape index (κ1) is 20.8. The summed E-state index contributed by atoms with van der Waals surface area (Å²) >= 11 is 1.17. The van der Waals surface area contributed by atoms with Gasteiger partial charge < -0.3 is 17.7 Å². The number of rotatable bonds is 6. The van der Waals surface area contributed by atoms with Crippen LogP contribution in [0.2, 0.25) is 0 Å². The lowest BCUT2D eigenvalue weighted by molar-refractivity contribution is -0.131. The highest BCUT2D eigenvalue weighted by atomic mass is 32.2. The third kappa shape index (κ3) is 3.90. The molecule has 4 aromatic rings. The van der Waals surface area contributed by atoms with Crippen molar-refractivity contribution in [3.8, 4) is 11.7 Å². The monoisotopic (exact) mass is 476 g/mol. The molecule has 172 valence electrons. The maximum atomic E-state index is 13.3. The standard InChI is InChI=1S/C24H20N4O5S/c29-20(14-34-24-26-25-23(33-24)19-9-4-12-32-19)28-22(18-8-3-11-31-18)17-7-1-5-15(21(17)27-28)13-16-6-2-10-30-16/h2-4,6,8-13,17,22H,1,5,7,14H2/b15-13-. The van der Waals surface area contributed by atoms with Crippen molar-refractivity contribution in [2.24, 2.45) is 11.0 Å². The van der Waals surface area contributed by atoms with Gasteiger partial charge in [0.15, 0.2) is 5.76 Å². The molecule has 0 radical (unpaired) electrons. The van der Waals surface area contributed by atoms with Crippen LogP contribution in [-0.2, 0) is 4.79 Å². The molecule has 5 heterocycles. The van der Waals surface area contributed by atoms with Crippen LogP contribution in [0, 0.1) is 5.92 Å². The highest BCUT2D eigenvalue weighted by molar-refractivity contribution is 7.99. The van der Waals surface area contributed by atoms with Gasteiger partial charge in [0.2, 0.25) is 0 Å². The zero-order valence-electron chi connectivity index (χ0n) is 18.0. The molecule has 1 saturated carbocycles. The van der Waals surface area contributed by atoms with Crippen LogP contribution >= 0.6 is 11.8 Å². The molecule has 9 nitrogen and oxygen atoms in total. The normalized spacial score (nSPS) is 21.1. The van der Waals surface area contributed by atoms with Gasteiger partial charge in [-0.15, -0.1) is 10.2 Å². The Balaban J connectivity index is 1.25. The Kier molecular flexibility index (Phi) is 5.42. The zero-order valence-corrected chi connectivity index (χ0v) is 18.8. The minimum atomic E-state index is -0.292. The van der Waals surface area contributed by atoms with Crippen molar-refractivity contribution < 1.29 is 22.5 Å². The molecule has 0 N–H and O–H groups in total. The molecule has 0 saturated heterocycles. The lowest BCUT2D eigenvalue weighted by Crippen LogP contribution is -2.32. The Morgan fingerprint density at radius 2 is 1.94 bits per heavy atom. The van der Waals surface area contributed by atoms with Crippen molar-refractivity contribution in [2.45, 2.75) is 30.5 Å². The zero-order chi connectivity index (χ0) is 22.9. The molecule has 6 rings (SSSR count). The van der Waals surface area contributed by atoms with Gasteiger partial charge in [0, 0.05) is 5.92 Å². The van der Waals surface area contributed by atoms with Crippen molar-refractivity contribution in [1.29, 1.82) is 0 Å². The predicted octanol–water partition coefficient (Wildman–Crippen LogP) is 5.43. The molecule has 0 aromatic carbocycles. The largest absolute Gasteiger partial charge is 0.467 e. The van der Waals surface area contributed by atoms with Crippen LogP contribution in [-0.4, -0.2) is 32.6 Å². The van der Waals surface area contributed by atoms with E-state index in [1.807, 2.05) is 30.3 Å². The Morgan fingerprint density at radius 1 is 1.09 bits per heavy atom. The van der Waals surface area contributed by atoms with Crippen LogP contribution in [0.3, 0.4) is 0 Å². The van der Waals surface area contributed by atoms with Gasteiger partial charge >= 0.3 is 0 Å². The molecule has 0 spiro atoms. The van der Waals surface area contributed by atoms with Crippen molar-refractivity contribution in [3.63, 3.8) is 0 Å². The van der Waals surface area contributed by atoms with E-state index in [0.717, 1.165) is 42.1 Å². The van der Waals surface area contributed by atoms with Gasteiger partial charge in [0.25, 0.3) is 17.0 Å². The molecule has 1 amide bonds.